The van der Waals surface area contributed by atoms with E-state index in [-0.39, 0.29) is 16.3 Å². The number of aryl methyl sites for hydroxylation is 1. The van der Waals surface area contributed by atoms with Gasteiger partial charge < -0.3 is 5.32 Å². The second kappa shape index (κ2) is 8.78. The molecule has 0 saturated carbocycles. The summed E-state index contributed by atoms with van der Waals surface area (Å²) < 4.78 is 39.7. The zero-order chi connectivity index (χ0) is 23.8. The highest BCUT2D eigenvalue weighted by Gasteiger charge is 2.41. The van der Waals surface area contributed by atoms with Crippen LogP contribution in [0.4, 0.5) is 24.5 Å². The smallest absolute Gasteiger partial charge is 0.350 e. The molecule has 1 aliphatic heterocycles. The van der Waals surface area contributed by atoms with Gasteiger partial charge in [-0.05, 0) is 61.4 Å². The van der Waals surface area contributed by atoms with Gasteiger partial charge in [0.1, 0.15) is 10.6 Å². The van der Waals surface area contributed by atoms with Crippen molar-refractivity contribution < 1.29 is 22.8 Å². The summed E-state index contributed by atoms with van der Waals surface area (Å²) in [6.45, 7) is 3.80. The molecule has 8 heteroatoms. The first-order valence-electron chi connectivity index (χ1n) is 10.0. The SMILES string of the molecule is Cc1cccc(NC2=C(Sc3ccccc3)C(=O)N(c3cccc(C(F)(F)F)c3)C2=O)c1C. The summed E-state index contributed by atoms with van der Waals surface area (Å²) in [5, 5.41) is 3.07. The van der Waals surface area contributed by atoms with Crippen LogP contribution in [0.25, 0.3) is 0 Å². The Bertz CT molecular complexity index is 1270. The number of halogens is 3. The number of anilines is 2. The predicted molar refractivity (Wildman–Crippen MR) is 123 cm³/mol. The lowest BCUT2D eigenvalue weighted by Crippen LogP contribution is -2.32. The molecule has 4 rings (SSSR count). The van der Waals surface area contributed by atoms with Crippen LogP contribution in [0.3, 0.4) is 0 Å². The van der Waals surface area contributed by atoms with E-state index < -0.39 is 23.6 Å². The van der Waals surface area contributed by atoms with Gasteiger partial charge in [-0.2, -0.15) is 13.2 Å². The Morgan fingerprint density at radius 3 is 2.24 bits per heavy atom. The molecule has 0 aliphatic carbocycles. The number of nitrogens with one attached hydrogen (secondary N) is 1. The molecule has 2 amide bonds. The lowest BCUT2D eigenvalue weighted by atomic mass is 10.1. The number of hydrogen-bond donors (Lipinski definition) is 1. The van der Waals surface area contributed by atoms with Crippen LogP contribution in [0.15, 0.2) is 88.3 Å². The molecule has 168 valence electrons. The van der Waals surface area contributed by atoms with Gasteiger partial charge in [0.2, 0.25) is 0 Å². The van der Waals surface area contributed by atoms with E-state index in [0.29, 0.717) is 5.69 Å². The maximum absolute atomic E-state index is 13.4. The molecular formula is C25H19F3N2O2S. The van der Waals surface area contributed by atoms with Crippen molar-refractivity contribution in [2.75, 3.05) is 10.2 Å². The van der Waals surface area contributed by atoms with Crippen LogP contribution >= 0.6 is 11.8 Å². The Kier molecular flexibility index (Phi) is 6.03. The minimum atomic E-state index is -4.60. The van der Waals surface area contributed by atoms with E-state index in [1.807, 2.05) is 32.0 Å². The summed E-state index contributed by atoms with van der Waals surface area (Å²) in [7, 11) is 0. The van der Waals surface area contributed by atoms with Crippen molar-refractivity contribution in [3.8, 4) is 0 Å². The zero-order valence-corrected chi connectivity index (χ0v) is 18.6. The second-order valence-corrected chi connectivity index (χ2v) is 8.57. The van der Waals surface area contributed by atoms with E-state index in [0.717, 1.165) is 44.8 Å². The predicted octanol–water partition coefficient (Wildman–Crippen LogP) is 6.31. The molecule has 0 spiro atoms. The van der Waals surface area contributed by atoms with Crippen LogP contribution in [-0.2, 0) is 15.8 Å². The Balaban J connectivity index is 1.78. The first-order chi connectivity index (χ1) is 15.7. The highest BCUT2D eigenvalue weighted by Crippen LogP contribution is 2.39. The maximum Gasteiger partial charge on any atom is 0.416 e. The third kappa shape index (κ3) is 4.52. The molecule has 33 heavy (non-hydrogen) atoms. The number of benzene rings is 3. The fourth-order valence-corrected chi connectivity index (χ4v) is 4.35. The topological polar surface area (TPSA) is 49.4 Å². The van der Waals surface area contributed by atoms with Crippen molar-refractivity contribution in [1.29, 1.82) is 0 Å². The van der Waals surface area contributed by atoms with Crippen molar-refractivity contribution in [3.05, 3.63) is 100 Å². The van der Waals surface area contributed by atoms with Crippen LogP contribution < -0.4 is 10.2 Å². The summed E-state index contributed by atoms with van der Waals surface area (Å²) in [4.78, 5) is 28.3. The first-order valence-corrected chi connectivity index (χ1v) is 10.8. The summed E-state index contributed by atoms with van der Waals surface area (Å²) in [5.74, 6) is -1.39. The van der Waals surface area contributed by atoms with Crippen LogP contribution in [0.2, 0.25) is 0 Å². The van der Waals surface area contributed by atoms with E-state index in [9.17, 15) is 22.8 Å². The number of alkyl halides is 3. The summed E-state index contributed by atoms with van der Waals surface area (Å²) in [6.07, 6.45) is -4.60. The molecule has 0 saturated heterocycles. The van der Waals surface area contributed by atoms with Gasteiger partial charge in [-0.1, -0.05) is 48.2 Å². The van der Waals surface area contributed by atoms with Crippen LogP contribution in [0.1, 0.15) is 16.7 Å². The number of amides is 2. The van der Waals surface area contributed by atoms with E-state index in [1.165, 1.54) is 12.1 Å². The molecule has 0 bridgehead atoms. The lowest BCUT2D eigenvalue weighted by Gasteiger charge is -2.17. The van der Waals surface area contributed by atoms with Gasteiger partial charge in [0, 0.05) is 10.6 Å². The number of carbonyl (C=O) groups is 2. The van der Waals surface area contributed by atoms with Crippen LogP contribution in [0, 0.1) is 13.8 Å². The Hall–Kier alpha value is -3.52. The molecule has 4 nitrogen and oxygen atoms in total. The summed E-state index contributed by atoms with van der Waals surface area (Å²) >= 11 is 1.09. The minimum absolute atomic E-state index is 0.0277. The first kappa shape index (κ1) is 22.7. The van der Waals surface area contributed by atoms with Gasteiger partial charge >= 0.3 is 6.18 Å². The van der Waals surface area contributed by atoms with Gasteiger partial charge in [0.05, 0.1) is 11.3 Å². The maximum atomic E-state index is 13.4. The van der Waals surface area contributed by atoms with E-state index >= 15 is 0 Å². The fourth-order valence-electron chi connectivity index (χ4n) is 3.40. The quantitative estimate of drug-likeness (QED) is 0.446. The van der Waals surface area contributed by atoms with Crippen molar-refractivity contribution >= 4 is 35.0 Å². The molecule has 1 heterocycles. The minimum Gasteiger partial charge on any atom is -0.350 e. The Labute approximate surface area is 193 Å². The monoisotopic (exact) mass is 468 g/mol. The molecule has 3 aromatic rings. The molecule has 3 aromatic carbocycles. The standard InChI is InChI=1S/C25H19F3N2O2S/c1-15-8-6-13-20(16(15)2)29-21-22(33-19-11-4-3-5-12-19)24(32)30(23(21)31)18-10-7-9-17(14-18)25(26,27)28/h3-14,29H,1-2H3. The number of imide groups is 1. The molecule has 1 N–H and O–H groups in total. The van der Waals surface area contributed by atoms with E-state index in [4.69, 9.17) is 0 Å². The van der Waals surface area contributed by atoms with Crippen LogP contribution in [0.5, 0.6) is 0 Å². The van der Waals surface area contributed by atoms with Gasteiger partial charge in [0.15, 0.2) is 0 Å². The average molecular weight is 469 g/mol. The Morgan fingerprint density at radius 2 is 1.55 bits per heavy atom. The molecule has 1 aliphatic rings. The largest absolute Gasteiger partial charge is 0.416 e. The lowest BCUT2D eigenvalue weighted by molar-refractivity contribution is -0.137. The van der Waals surface area contributed by atoms with Crippen molar-refractivity contribution in [1.82, 2.24) is 0 Å². The molecule has 0 fully saturated rings. The normalized spacial score (nSPS) is 14.3. The third-order valence-electron chi connectivity index (χ3n) is 5.30. The number of rotatable bonds is 5. The molecular weight excluding hydrogens is 449 g/mol. The number of thioether (sulfide) groups is 1. The van der Waals surface area contributed by atoms with Gasteiger partial charge in [-0.25, -0.2) is 4.90 Å². The highest BCUT2D eigenvalue weighted by atomic mass is 32.2. The summed E-state index contributed by atoms with van der Waals surface area (Å²) in [6, 6.07) is 18.7. The number of carbonyl (C=O) groups excluding carboxylic acids is 2. The van der Waals surface area contributed by atoms with E-state index in [2.05, 4.69) is 5.32 Å². The number of hydrogen-bond acceptors (Lipinski definition) is 4. The average Bonchev–Trinajstić information content (AvgIpc) is 3.01. The molecule has 0 radical (unpaired) electrons. The van der Waals surface area contributed by atoms with Crippen LogP contribution in [-0.4, -0.2) is 11.8 Å². The second-order valence-electron chi connectivity index (χ2n) is 7.49. The third-order valence-corrected chi connectivity index (χ3v) is 6.39. The van der Waals surface area contributed by atoms with Crippen molar-refractivity contribution in [3.63, 3.8) is 0 Å². The van der Waals surface area contributed by atoms with E-state index in [1.54, 1.807) is 30.3 Å². The van der Waals surface area contributed by atoms with Crippen molar-refractivity contribution in [2.45, 2.75) is 24.9 Å². The zero-order valence-electron chi connectivity index (χ0n) is 17.7. The molecule has 0 aromatic heterocycles. The number of nitrogens with zero attached hydrogens (tertiary/aromatic N) is 1. The Morgan fingerprint density at radius 1 is 0.848 bits per heavy atom. The summed E-state index contributed by atoms with van der Waals surface area (Å²) in [5.41, 5.74) is 1.48. The molecule has 0 unspecified atom stereocenters. The fraction of sp³-hybridized carbons (Fsp3) is 0.120. The van der Waals surface area contributed by atoms with Crippen molar-refractivity contribution in [2.24, 2.45) is 0 Å². The van der Waals surface area contributed by atoms with Gasteiger partial charge in [-0.3, -0.25) is 9.59 Å². The highest BCUT2D eigenvalue weighted by molar-refractivity contribution is 8.04. The molecule has 0 atom stereocenters. The van der Waals surface area contributed by atoms with Gasteiger partial charge in [0.25, 0.3) is 11.8 Å². The van der Waals surface area contributed by atoms with Gasteiger partial charge in [-0.15, -0.1) is 0 Å².